The summed E-state index contributed by atoms with van der Waals surface area (Å²) < 4.78 is 11.3. The van der Waals surface area contributed by atoms with E-state index in [-0.39, 0.29) is 23.3 Å². The van der Waals surface area contributed by atoms with Crippen molar-refractivity contribution >= 4 is 17.6 Å². The average molecular weight is 575 g/mol. The molecule has 1 aliphatic heterocycles. The first-order chi connectivity index (χ1) is 18.9. The van der Waals surface area contributed by atoms with Crippen LogP contribution in [0.1, 0.15) is 80.7 Å². The third kappa shape index (κ3) is 16.2. The molecule has 0 aliphatic carbocycles. The van der Waals surface area contributed by atoms with Gasteiger partial charge in [-0.3, -0.25) is 14.5 Å². The van der Waals surface area contributed by atoms with Crippen molar-refractivity contribution in [1.29, 1.82) is 0 Å². The van der Waals surface area contributed by atoms with Gasteiger partial charge in [0.2, 0.25) is 0 Å². The van der Waals surface area contributed by atoms with Crippen LogP contribution < -0.4 is 5.73 Å². The minimum atomic E-state index is -0.496. The Labute approximate surface area is 249 Å². The molecule has 8 nitrogen and oxygen atoms in total. The molecule has 1 aliphatic rings. The van der Waals surface area contributed by atoms with Crippen LogP contribution in [0.5, 0.6) is 0 Å². The molecule has 1 aromatic rings. The number of nitrogens with zero attached hydrogens (tertiary/aromatic N) is 3. The Morgan fingerprint density at radius 1 is 0.756 bits per heavy atom. The minimum absolute atomic E-state index is 0.149. The van der Waals surface area contributed by atoms with E-state index in [1.54, 1.807) is 0 Å². The molecule has 1 aromatic carbocycles. The van der Waals surface area contributed by atoms with Gasteiger partial charge in [0.05, 0.1) is 6.54 Å². The zero-order valence-corrected chi connectivity index (χ0v) is 27.4. The maximum Gasteiger partial charge on any atom is 0.320 e. The molecule has 234 valence electrons. The van der Waals surface area contributed by atoms with Gasteiger partial charge in [-0.2, -0.15) is 0 Å². The number of carbonyl (C=O) groups excluding carboxylic acids is 2. The molecule has 1 saturated heterocycles. The van der Waals surface area contributed by atoms with Crippen LogP contribution in [0.3, 0.4) is 0 Å². The van der Waals surface area contributed by atoms with Crippen molar-refractivity contribution in [3.63, 3.8) is 0 Å². The van der Waals surface area contributed by atoms with E-state index in [2.05, 4.69) is 47.6 Å². The Kier molecular flexibility index (Phi) is 13.1. The van der Waals surface area contributed by atoms with Crippen molar-refractivity contribution in [1.82, 2.24) is 14.7 Å². The lowest BCUT2D eigenvalue weighted by molar-refractivity contribution is -0.156. The molecular formula is C33H58N4O4. The molecule has 1 fully saturated rings. The number of esters is 2. The number of anilines is 1. The summed E-state index contributed by atoms with van der Waals surface area (Å²) >= 11 is 0. The van der Waals surface area contributed by atoms with E-state index in [1.165, 1.54) is 5.56 Å². The Morgan fingerprint density at radius 3 is 1.76 bits per heavy atom. The standard InChI is InChI=1S/C33H58N4O4/c1-31(2,3)25-37-20-18-35(16-17-36(19-21-37)24-30(39)41-33(7,8)9)23-27(12-15-29(38)40-32(4,5)6)22-26-10-13-28(34)14-11-26/h10-11,13-14,27H,12,15-25,34H2,1-9H3. The van der Waals surface area contributed by atoms with Crippen LogP contribution in [0, 0.1) is 11.3 Å². The maximum atomic E-state index is 12.7. The smallest absolute Gasteiger partial charge is 0.320 e. The number of rotatable bonds is 10. The fraction of sp³-hybridized carbons (Fsp3) is 0.758. The SMILES string of the molecule is CC(C)(C)CN1CCN(CC(=O)OC(C)(C)C)CCN(CC(CCC(=O)OC(C)(C)C)Cc2ccc(N)cc2)CC1. The first kappa shape index (κ1) is 35.0. The molecule has 2 N–H and O–H groups in total. The molecule has 0 bridgehead atoms. The number of carbonyl (C=O) groups is 2. The number of nitrogen functional groups attached to an aromatic ring is 1. The second-order valence-electron chi connectivity index (χ2n) is 14.9. The van der Waals surface area contributed by atoms with Gasteiger partial charge in [-0.15, -0.1) is 0 Å². The highest BCUT2D eigenvalue weighted by atomic mass is 16.6. The second kappa shape index (κ2) is 15.4. The van der Waals surface area contributed by atoms with E-state index in [4.69, 9.17) is 15.2 Å². The van der Waals surface area contributed by atoms with Crippen LogP contribution in [0.25, 0.3) is 0 Å². The molecule has 1 heterocycles. The molecule has 2 rings (SSSR count). The number of nitrogens with two attached hydrogens (primary N) is 1. The van der Waals surface area contributed by atoms with E-state index in [1.807, 2.05) is 53.7 Å². The topological polar surface area (TPSA) is 88.3 Å². The van der Waals surface area contributed by atoms with E-state index >= 15 is 0 Å². The van der Waals surface area contributed by atoms with E-state index in [9.17, 15) is 9.59 Å². The highest BCUT2D eigenvalue weighted by Crippen LogP contribution is 2.21. The van der Waals surface area contributed by atoms with Crippen molar-refractivity contribution < 1.29 is 19.1 Å². The van der Waals surface area contributed by atoms with Crippen LogP contribution >= 0.6 is 0 Å². The highest BCUT2D eigenvalue weighted by Gasteiger charge is 2.25. The molecule has 0 aromatic heterocycles. The van der Waals surface area contributed by atoms with Gasteiger partial charge >= 0.3 is 11.9 Å². The van der Waals surface area contributed by atoms with Crippen molar-refractivity contribution in [2.24, 2.45) is 11.3 Å². The summed E-state index contributed by atoms with van der Waals surface area (Å²) in [4.78, 5) is 32.6. The number of hydrogen-bond acceptors (Lipinski definition) is 8. The summed E-state index contributed by atoms with van der Waals surface area (Å²) in [6.45, 7) is 25.8. The summed E-state index contributed by atoms with van der Waals surface area (Å²) in [5.74, 6) is -0.0457. The minimum Gasteiger partial charge on any atom is -0.460 e. The summed E-state index contributed by atoms with van der Waals surface area (Å²) in [5, 5.41) is 0. The van der Waals surface area contributed by atoms with Crippen LogP contribution in [0.4, 0.5) is 5.69 Å². The van der Waals surface area contributed by atoms with Crippen molar-refractivity contribution in [3.8, 4) is 0 Å². The maximum absolute atomic E-state index is 12.7. The molecule has 8 heteroatoms. The Bertz CT molecular complexity index is 944. The predicted octanol–water partition coefficient (Wildman–Crippen LogP) is 4.86. The van der Waals surface area contributed by atoms with Crippen molar-refractivity contribution in [2.45, 2.75) is 92.8 Å². The first-order valence-electron chi connectivity index (χ1n) is 15.3. The predicted molar refractivity (Wildman–Crippen MR) is 168 cm³/mol. The van der Waals surface area contributed by atoms with Gasteiger partial charge in [0.15, 0.2) is 0 Å². The zero-order chi connectivity index (χ0) is 30.8. The Hall–Kier alpha value is -2.16. The van der Waals surface area contributed by atoms with Gasteiger partial charge in [-0.25, -0.2) is 0 Å². The molecule has 41 heavy (non-hydrogen) atoms. The monoisotopic (exact) mass is 574 g/mol. The molecule has 0 spiro atoms. The summed E-state index contributed by atoms with van der Waals surface area (Å²) in [7, 11) is 0. The summed E-state index contributed by atoms with van der Waals surface area (Å²) in [5.41, 5.74) is 7.11. The molecular weight excluding hydrogens is 516 g/mol. The zero-order valence-electron chi connectivity index (χ0n) is 27.4. The van der Waals surface area contributed by atoms with Gasteiger partial charge in [0, 0.05) is 64.5 Å². The molecule has 0 radical (unpaired) electrons. The van der Waals surface area contributed by atoms with Crippen molar-refractivity contribution in [2.75, 3.05) is 64.6 Å². The fourth-order valence-electron chi connectivity index (χ4n) is 5.23. The summed E-state index contributed by atoms with van der Waals surface area (Å²) in [6, 6.07) is 8.06. The average Bonchev–Trinajstić information content (AvgIpc) is 2.87. The molecule has 0 saturated carbocycles. The molecule has 1 unspecified atom stereocenters. The van der Waals surface area contributed by atoms with Crippen LogP contribution in [-0.4, -0.2) is 96.7 Å². The Morgan fingerprint density at radius 2 is 1.24 bits per heavy atom. The van der Waals surface area contributed by atoms with Gasteiger partial charge in [0.25, 0.3) is 0 Å². The lowest BCUT2D eigenvalue weighted by Crippen LogP contribution is -2.42. The third-order valence-electron chi connectivity index (χ3n) is 6.87. The lowest BCUT2D eigenvalue weighted by Gasteiger charge is -2.32. The van der Waals surface area contributed by atoms with E-state index in [0.717, 1.165) is 70.9 Å². The highest BCUT2D eigenvalue weighted by molar-refractivity contribution is 5.72. The van der Waals surface area contributed by atoms with Gasteiger partial charge in [-0.1, -0.05) is 32.9 Å². The van der Waals surface area contributed by atoms with Gasteiger partial charge in [-0.05, 0) is 83.4 Å². The van der Waals surface area contributed by atoms with E-state index in [0.29, 0.717) is 13.0 Å². The van der Waals surface area contributed by atoms with Gasteiger partial charge in [0.1, 0.15) is 11.2 Å². The third-order valence-corrected chi connectivity index (χ3v) is 6.87. The molecule has 1 atom stereocenters. The summed E-state index contributed by atoms with van der Waals surface area (Å²) in [6.07, 6.45) is 2.02. The largest absolute Gasteiger partial charge is 0.460 e. The fourth-order valence-corrected chi connectivity index (χ4v) is 5.23. The van der Waals surface area contributed by atoms with Crippen LogP contribution in [0.2, 0.25) is 0 Å². The number of ether oxygens (including phenoxy) is 2. The van der Waals surface area contributed by atoms with Crippen molar-refractivity contribution in [3.05, 3.63) is 29.8 Å². The second-order valence-corrected chi connectivity index (χ2v) is 14.9. The quantitative estimate of drug-likeness (QED) is 0.313. The van der Waals surface area contributed by atoms with Crippen LogP contribution in [0.15, 0.2) is 24.3 Å². The first-order valence-corrected chi connectivity index (χ1v) is 15.3. The number of hydrogen-bond donors (Lipinski definition) is 1. The number of benzene rings is 1. The lowest BCUT2D eigenvalue weighted by atomic mass is 9.93. The molecule has 0 amide bonds. The van der Waals surface area contributed by atoms with Gasteiger partial charge < -0.3 is 25.0 Å². The Balaban J connectivity index is 2.18. The normalized spacial score (nSPS) is 17.8. The van der Waals surface area contributed by atoms with Crippen LogP contribution in [-0.2, 0) is 25.5 Å². The van der Waals surface area contributed by atoms with E-state index < -0.39 is 11.2 Å².